The van der Waals surface area contributed by atoms with Gasteiger partial charge in [-0.05, 0) is 32.7 Å². The molecule has 0 aromatic carbocycles. The smallest absolute Gasteiger partial charge is 0.221 e. The number of carbonyl (C=O) groups excluding carboxylic acids is 1. The molecule has 88 valence electrons. The third kappa shape index (κ3) is 4.18. The van der Waals surface area contributed by atoms with Crippen LogP contribution in [0.1, 0.15) is 32.6 Å². The van der Waals surface area contributed by atoms with Crippen LogP contribution in [0, 0.1) is 0 Å². The maximum Gasteiger partial charge on any atom is 0.221 e. The van der Waals surface area contributed by atoms with E-state index in [1.165, 1.54) is 6.42 Å². The van der Waals surface area contributed by atoms with Gasteiger partial charge in [0.05, 0.1) is 6.10 Å². The number of hydrogen-bond donors (Lipinski definition) is 2. The summed E-state index contributed by atoms with van der Waals surface area (Å²) >= 11 is 0. The number of amides is 1. The van der Waals surface area contributed by atoms with E-state index in [-0.39, 0.29) is 12.0 Å². The Morgan fingerprint density at radius 1 is 1.67 bits per heavy atom. The maximum atomic E-state index is 11.1. The van der Waals surface area contributed by atoms with Crippen molar-refractivity contribution >= 4 is 5.91 Å². The van der Waals surface area contributed by atoms with E-state index in [0.717, 1.165) is 25.9 Å². The van der Waals surface area contributed by atoms with Gasteiger partial charge in [0, 0.05) is 26.1 Å². The van der Waals surface area contributed by atoms with E-state index in [1.54, 1.807) is 7.05 Å². The van der Waals surface area contributed by atoms with E-state index in [4.69, 9.17) is 0 Å². The lowest BCUT2D eigenvalue weighted by atomic mass is 10.1. The number of carbonyl (C=O) groups is 1. The maximum absolute atomic E-state index is 11.1. The number of aliphatic hydroxyl groups is 1. The van der Waals surface area contributed by atoms with Crippen LogP contribution in [-0.2, 0) is 4.79 Å². The molecule has 1 amide bonds. The Morgan fingerprint density at radius 3 is 3.00 bits per heavy atom. The number of rotatable bonds is 5. The topological polar surface area (TPSA) is 52.6 Å². The Bertz CT molecular complexity index is 207. The summed E-state index contributed by atoms with van der Waals surface area (Å²) in [5.41, 5.74) is 0. The molecule has 0 spiro atoms. The minimum atomic E-state index is -0.240. The molecule has 4 heteroatoms. The lowest BCUT2D eigenvalue weighted by Gasteiger charge is -2.24. The summed E-state index contributed by atoms with van der Waals surface area (Å²) in [6.07, 6.45) is 3.49. The van der Waals surface area contributed by atoms with Crippen LogP contribution in [0.25, 0.3) is 0 Å². The van der Waals surface area contributed by atoms with Gasteiger partial charge < -0.3 is 10.4 Å². The first kappa shape index (κ1) is 12.5. The summed E-state index contributed by atoms with van der Waals surface area (Å²) in [5.74, 6) is 0.0951. The van der Waals surface area contributed by atoms with Gasteiger partial charge in [0.15, 0.2) is 0 Å². The van der Waals surface area contributed by atoms with Crippen molar-refractivity contribution in [2.24, 2.45) is 0 Å². The molecule has 1 aliphatic heterocycles. The van der Waals surface area contributed by atoms with Crippen LogP contribution in [0.5, 0.6) is 0 Å². The average molecular weight is 214 g/mol. The first-order valence-electron chi connectivity index (χ1n) is 5.76. The summed E-state index contributed by atoms with van der Waals surface area (Å²) in [5, 5.41) is 12.0. The van der Waals surface area contributed by atoms with E-state index in [1.807, 2.05) is 6.92 Å². The van der Waals surface area contributed by atoms with Crippen LogP contribution in [0.4, 0.5) is 0 Å². The molecule has 1 aliphatic rings. The van der Waals surface area contributed by atoms with Crippen molar-refractivity contribution in [1.82, 2.24) is 10.2 Å². The summed E-state index contributed by atoms with van der Waals surface area (Å²) in [7, 11) is 1.67. The van der Waals surface area contributed by atoms with Crippen molar-refractivity contribution in [2.45, 2.75) is 44.8 Å². The molecule has 4 nitrogen and oxygen atoms in total. The Balaban J connectivity index is 2.30. The summed E-state index contributed by atoms with van der Waals surface area (Å²) in [4.78, 5) is 13.4. The first-order valence-corrected chi connectivity index (χ1v) is 5.76. The zero-order valence-corrected chi connectivity index (χ0v) is 9.70. The highest BCUT2D eigenvalue weighted by Crippen LogP contribution is 2.21. The van der Waals surface area contributed by atoms with Crippen LogP contribution >= 0.6 is 0 Å². The molecule has 2 atom stereocenters. The largest absolute Gasteiger partial charge is 0.393 e. The van der Waals surface area contributed by atoms with E-state index < -0.39 is 0 Å². The number of hydrogen-bond acceptors (Lipinski definition) is 3. The molecule has 1 rings (SSSR count). The molecule has 2 N–H and O–H groups in total. The first-order chi connectivity index (χ1) is 7.13. The van der Waals surface area contributed by atoms with E-state index in [0.29, 0.717) is 12.5 Å². The van der Waals surface area contributed by atoms with Crippen molar-refractivity contribution in [1.29, 1.82) is 0 Å². The highest BCUT2D eigenvalue weighted by atomic mass is 16.3. The molecule has 1 heterocycles. The molecule has 1 saturated heterocycles. The number of nitrogens with one attached hydrogen (secondary N) is 1. The van der Waals surface area contributed by atoms with Gasteiger partial charge in [-0.15, -0.1) is 0 Å². The summed E-state index contributed by atoms with van der Waals surface area (Å²) in [6.45, 7) is 3.71. The molecule has 0 saturated carbocycles. The second-order valence-corrected chi connectivity index (χ2v) is 4.34. The van der Waals surface area contributed by atoms with Crippen molar-refractivity contribution in [2.75, 3.05) is 20.1 Å². The molecule has 0 bridgehead atoms. The van der Waals surface area contributed by atoms with Crippen LogP contribution in [0.3, 0.4) is 0 Å². The van der Waals surface area contributed by atoms with Crippen LogP contribution in [0.15, 0.2) is 0 Å². The minimum Gasteiger partial charge on any atom is -0.393 e. The van der Waals surface area contributed by atoms with Crippen molar-refractivity contribution in [3.63, 3.8) is 0 Å². The zero-order valence-electron chi connectivity index (χ0n) is 9.70. The molecule has 0 unspecified atom stereocenters. The van der Waals surface area contributed by atoms with E-state index in [9.17, 15) is 9.90 Å². The second-order valence-electron chi connectivity index (χ2n) is 4.34. The molecule has 15 heavy (non-hydrogen) atoms. The fraction of sp³-hybridized carbons (Fsp3) is 0.909. The lowest BCUT2D eigenvalue weighted by Crippen LogP contribution is -2.35. The Morgan fingerprint density at radius 2 is 2.40 bits per heavy atom. The average Bonchev–Trinajstić information content (AvgIpc) is 2.61. The molecule has 0 radical (unpaired) electrons. The predicted molar refractivity (Wildman–Crippen MR) is 59.6 cm³/mol. The van der Waals surface area contributed by atoms with E-state index >= 15 is 0 Å². The summed E-state index contributed by atoms with van der Waals surface area (Å²) in [6, 6.07) is 0.467. The number of nitrogens with zero attached hydrogens (tertiary/aromatic N) is 1. The van der Waals surface area contributed by atoms with Gasteiger partial charge in [-0.2, -0.15) is 0 Å². The Hall–Kier alpha value is -0.610. The molecule has 0 aliphatic carbocycles. The highest BCUT2D eigenvalue weighted by Gasteiger charge is 2.25. The van der Waals surface area contributed by atoms with E-state index in [2.05, 4.69) is 10.2 Å². The molecule has 0 aromatic heterocycles. The standard InChI is InChI=1S/C11H22N2O2/c1-9(14)8-10-4-3-6-13(10)7-5-11(15)12-2/h9-10,14H,3-8H2,1-2H3,(H,12,15)/t9-,10-/m0/s1. The van der Waals surface area contributed by atoms with Crippen LogP contribution in [-0.4, -0.2) is 48.2 Å². The third-order valence-corrected chi connectivity index (χ3v) is 3.02. The van der Waals surface area contributed by atoms with Crippen molar-refractivity contribution in [3.8, 4) is 0 Å². The normalized spacial score (nSPS) is 24.1. The second kappa shape index (κ2) is 6.08. The van der Waals surface area contributed by atoms with Gasteiger partial charge in [0.1, 0.15) is 0 Å². The quantitative estimate of drug-likeness (QED) is 0.694. The molecule has 1 fully saturated rings. The van der Waals surface area contributed by atoms with Crippen LogP contribution in [0.2, 0.25) is 0 Å². The molecule has 0 aromatic rings. The van der Waals surface area contributed by atoms with Gasteiger partial charge in [0.25, 0.3) is 0 Å². The monoisotopic (exact) mass is 214 g/mol. The minimum absolute atomic E-state index is 0.0951. The van der Waals surface area contributed by atoms with Gasteiger partial charge in [-0.3, -0.25) is 9.69 Å². The fourth-order valence-corrected chi connectivity index (χ4v) is 2.22. The van der Waals surface area contributed by atoms with Gasteiger partial charge in [-0.25, -0.2) is 0 Å². The Kier molecular flexibility index (Phi) is 5.05. The fourth-order valence-electron chi connectivity index (χ4n) is 2.22. The highest BCUT2D eigenvalue weighted by molar-refractivity contribution is 5.75. The third-order valence-electron chi connectivity index (χ3n) is 3.02. The zero-order chi connectivity index (χ0) is 11.3. The van der Waals surface area contributed by atoms with Gasteiger partial charge in [-0.1, -0.05) is 0 Å². The van der Waals surface area contributed by atoms with Crippen molar-refractivity contribution < 1.29 is 9.90 Å². The number of likely N-dealkylation sites (tertiary alicyclic amines) is 1. The number of aliphatic hydroxyl groups excluding tert-OH is 1. The predicted octanol–water partition coefficient (Wildman–Crippen LogP) is 0.358. The summed E-state index contributed by atoms with van der Waals surface area (Å²) < 4.78 is 0. The molecular weight excluding hydrogens is 192 g/mol. The lowest BCUT2D eigenvalue weighted by molar-refractivity contribution is -0.121. The van der Waals surface area contributed by atoms with Crippen molar-refractivity contribution in [3.05, 3.63) is 0 Å². The van der Waals surface area contributed by atoms with Gasteiger partial charge >= 0.3 is 0 Å². The SMILES string of the molecule is CNC(=O)CCN1CCC[C@H]1C[C@H](C)O. The Labute approximate surface area is 91.6 Å². The van der Waals surface area contributed by atoms with Crippen LogP contribution < -0.4 is 5.32 Å². The van der Waals surface area contributed by atoms with Gasteiger partial charge in [0.2, 0.25) is 5.91 Å². The molecular formula is C11H22N2O2.